The van der Waals surface area contributed by atoms with E-state index in [1.807, 2.05) is 6.07 Å². The van der Waals surface area contributed by atoms with Gasteiger partial charge in [-0.3, -0.25) is 4.57 Å². The Morgan fingerprint density at radius 2 is 1.00 bits per heavy atom. The van der Waals surface area contributed by atoms with Crippen molar-refractivity contribution in [2.24, 2.45) is 0 Å². The van der Waals surface area contributed by atoms with Gasteiger partial charge >= 0.3 is 0 Å². The summed E-state index contributed by atoms with van der Waals surface area (Å²) in [6.07, 6.45) is 0. The summed E-state index contributed by atoms with van der Waals surface area (Å²) in [5, 5.41) is 8.32. The minimum atomic E-state index is 0.659. The van der Waals surface area contributed by atoms with Gasteiger partial charge in [0.25, 0.3) is 0 Å². The lowest BCUT2D eigenvalue weighted by Crippen LogP contribution is -2.03. The monoisotopic (exact) mass is 662 g/mol. The van der Waals surface area contributed by atoms with Crippen LogP contribution < -0.4 is 0 Å². The smallest absolute Gasteiger partial charge is 0.235 e. The topological polar surface area (TPSA) is 35.6 Å². The number of fused-ring (bicyclic) bond motifs is 9. The van der Waals surface area contributed by atoms with Gasteiger partial charge in [0.1, 0.15) is 0 Å². The molecule has 0 aliphatic carbocycles. The van der Waals surface area contributed by atoms with Crippen molar-refractivity contribution >= 4 is 65.3 Å². The molecule has 0 aliphatic heterocycles. The molecule has 0 N–H and O–H groups in total. The molecular formula is C48H30N4. The molecular weight excluding hydrogens is 633 g/mol. The quantitative estimate of drug-likeness (QED) is 0.188. The molecule has 52 heavy (non-hydrogen) atoms. The van der Waals surface area contributed by atoms with Crippen LogP contribution in [0.15, 0.2) is 182 Å². The standard InChI is InChI=1S/C48H30N4/c1-3-14-32(15-4-1)47-38-20-9-11-21-41(38)49-48(50-47)52-44-28-24-31-13-7-8-18-36(31)46(44)39-26-23-34(30-45(39)52)33-25-27-43-40(29-33)37-19-10-12-22-42(37)51(43)35-16-5-2-6-17-35/h1-30H. The molecule has 0 atom stereocenters. The van der Waals surface area contributed by atoms with Crippen LogP contribution in [0.5, 0.6) is 0 Å². The second-order valence-electron chi connectivity index (χ2n) is 13.4. The van der Waals surface area contributed by atoms with Gasteiger partial charge in [-0.1, -0.05) is 133 Å². The van der Waals surface area contributed by atoms with E-state index in [0.717, 1.165) is 50.0 Å². The van der Waals surface area contributed by atoms with Crippen LogP contribution >= 0.6 is 0 Å². The summed E-state index contributed by atoms with van der Waals surface area (Å²) < 4.78 is 4.63. The fourth-order valence-electron chi connectivity index (χ4n) is 8.17. The van der Waals surface area contributed by atoms with Crippen LogP contribution in [0.2, 0.25) is 0 Å². The Kier molecular flexibility index (Phi) is 6.22. The molecule has 0 unspecified atom stereocenters. The van der Waals surface area contributed by atoms with E-state index in [2.05, 4.69) is 185 Å². The van der Waals surface area contributed by atoms with Crippen LogP contribution in [-0.4, -0.2) is 19.1 Å². The molecule has 4 nitrogen and oxygen atoms in total. The summed E-state index contributed by atoms with van der Waals surface area (Å²) in [5.74, 6) is 0.659. The van der Waals surface area contributed by atoms with Crippen LogP contribution in [0.3, 0.4) is 0 Å². The first-order valence-corrected chi connectivity index (χ1v) is 17.7. The maximum Gasteiger partial charge on any atom is 0.235 e. The molecule has 3 heterocycles. The van der Waals surface area contributed by atoms with E-state index in [9.17, 15) is 0 Å². The van der Waals surface area contributed by atoms with Crippen molar-refractivity contribution < 1.29 is 0 Å². The number of aromatic nitrogens is 4. The summed E-state index contributed by atoms with van der Waals surface area (Å²) in [4.78, 5) is 10.6. The Labute approximate surface area is 299 Å². The Morgan fingerprint density at radius 3 is 1.87 bits per heavy atom. The van der Waals surface area contributed by atoms with E-state index in [0.29, 0.717) is 5.95 Å². The van der Waals surface area contributed by atoms with Gasteiger partial charge in [-0.15, -0.1) is 0 Å². The minimum Gasteiger partial charge on any atom is -0.309 e. The van der Waals surface area contributed by atoms with Crippen molar-refractivity contribution in [3.8, 4) is 34.0 Å². The van der Waals surface area contributed by atoms with Gasteiger partial charge in [0.15, 0.2) is 0 Å². The van der Waals surface area contributed by atoms with Crippen LogP contribution in [0, 0.1) is 0 Å². The first-order chi connectivity index (χ1) is 25.8. The van der Waals surface area contributed by atoms with Crippen molar-refractivity contribution in [3.05, 3.63) is 182 Å². The molecule has 242 valence electrons. The minimum absolute atomic E-state index is 0.659. The molecule has 0 saturated carbocycles. The average Bonchev–Trinajstić information content (AvgIpc) is 3.73. The fraction of sp³-hybridized carbons (Fsp3) is 0. The number of hydrogen-bond donors (Lipinski definition) is 0. The highest BCUT2D eigenvalue weighted by atomic mass is 15.2. The second kappa shape index (κ2) is 11.2. The normalized spacial score (nSPS) is 11.8. The Hall–Kier alpha value is -7.04. The lowest BCUT2D eigenvalue weighted by atomic mass is 10.00. The average molecular weight is 663 g/mol. The van der Waals surface area contributed by atoms with Crippen molar-refractivity contribution in [3.63, 3.8) is 0 Å². The van der Waals surface area contributed by atoms with Gasteiger partial charge in [-0.2, -0.15) is 0 Å². The molecule has 0 saturated heterocycles. The van der Waals surface area contributed by atoms with Gasteiger partial charge in [0.05, 0.1) is 33.3 Å². The van der Waals surface area contributed by atoms with E-state index in [1.54, 1.807) is 0 Å². The zero-order valence-corrected chi connectivity index (χ0v) is 28.1. The predicted octanol–water partition coefficient (Wildman–Crippen LogP) is 12.3. The Balaban J connectivity index is 1.19. The molecule has 8 aromatic carbocycles. The van der Waals surface area contributed by atoms with Gasteiger partial charge in [-0.25, -0.2) is 9.97 Å². The maximum atomic E-state index is 5.35. The zero-order chi connectivity index (χ0) is 34.2. The molecule has 0 bridgehead atoms. The van der Waals surface area contributed by atoms with Crippen LogP contribution in [-0.2, 0) is 0 Å². The molecule has 0 fully saturated rings. The molecule has 4 heteroatoms. The summed E-state index contributed by atoms with van der Waals surface area (Å²) >= 11 is 0. The molecule has 0 radical (unpaired) electrons. The summed E-state index contributed by atoms with van der Waals surface area (Å²) in [7, 11) is 0. The van der Waals surface area contributed by atoms with Crippen LogP contribution in [0.1, 0.15) is 0 Å². The number of nitrogens with zero attached hydrogens (tertiary/aromatic N) is 4. The van der Waals surface area contributed by atoms with Crippen LogP contribution in [0.25, 0.3) is 99.3 Å². The summed E-state index contributed by atoms with van der Waals surface area (Å²) in [6, 6.07) is 64.9. The SMILES string of the molecule is c1ccc(-c2nc(-n3c4cc(-c5ccc6c(c5)c5ccccc5n6-c5ccccc5)ccc4c4c5ccccc5ccc43)nc3ccccc23)cc1. The molecule has 0 spiro atoms. The molecule has 11 rings (SSSR count). The van der Waals surface area contributed by atoms with Gasteiger partial charge in [-0.05, 0) is 70.4 Å². The van der Waals surface area contributed by atoms with E-state index < -0.39 is 0 Å². The fourth-order valence-corrected chi connectivity index (χ4v) is 8.17. The van der Waals surface area contributed by atoms with Crippen molar-refractivity contribution in [1.82, 2.24) is 19.1 Å². The van der Waals surface area contributed by atoms with Crippen molar-refractivity contribution in [2.75, 3.05) is 0 Å². The summed E-state index contributed by atoms with van der Waals surface area (Å²) in [6.45, 7) is 0. The van der Waals surface area contributed by atoms with E-state index >= 15 is 0 Å². The highest BCUT2D eigenvalue weighted by Gasteiger charge is 2.20. The Bertz CT molecular complexity index is 3170. The van der Waals surface area contributed by atoms with E-state index in [1.165, 1.54) is 43.4 Å². The van der Waals surface area contributed by atoms with Crippen LogP contribution in [0.4, 0.5) is 0 Å². The van der Waals surface area contributed by atoms with Gasteiger partial charge in [0, 0.05) is 38.2 Å². The largest absolute Gasteiger partial charge is 0.309 e. The summed E-state index contributed by atoms with van der Waals surface area (Å²) in [5.41, 5.74) is 10.9. The number of rotatable bonds is 4. The highest BCUT2D eigenvalue weighted by molar-refractivity contribution is 6.22. The Morgan fingerprint density at radius 1 is 0.346 bits per heavy atom. The second-order valence-corrected chi connectivity index (χ2v) is 13.4. The maximum absolute atomic E-state index is 5.35. The van der Waals surface area contributed by atoms with Gasteiger partial charge in [0.2, 0.25) is 5.95 Å². The third-order valence-corrected chi connectivity index (χ3v) is 10.5. The third kappa shape index (κ3) is 4.28. The van der Waals surface area contributed by atoms with Crippen molar-refractivity contribution in [1.29, 1.82) is 0 Å². The lowest BCUT2D eigenvalue weighted by Gasteiger charge is -2.12. The number of hydrogen-bond acceptors (Lipinski definition) is 2. The molecule has 0 aliphatic rings. The molecule has 3 aromatic heterocycles. The molecule has 0 amide bonds. The van der Waals surface area contributed by atoms with E-state index in [4.69, 9.17) is 9.97 Å². The first-order valence-electron chi connectivity index (χ1n) is 17.7. The van der Waals surface area contributed by atoms with E-state index in [-0.39, 0.29) is 0 Å². The predicted molar refractivity (Wildman–Crippen MR) is 217 cm³/mol. The first kappa shape index (κ1) is 28.8. The van der Waals surface area contributed by atoms with Gasteiger partial charge < -0.3 is 4.57 Å². The zero-order valence-electron chi connectivity index (χ0n) is 28.1. The van der Waals surface area contributed by atoms with Crippen molar-refractivity contribution in [2.45, 2.75) is 0 Å². The third-order valence-electron chi connectivity index (χ3n) is 10.5. The lowest BCUT2D eigenvalue weighted by molar-refractivity contribution is 1.01. The molecule has 11 aromatic rings. The number of para-hydroxylation sites is 3. The highest BCUT2D eigenvalue weighted by Crippen LogP contribution is 2.40. The number of benzene rings is 8.